The molecular weight excluding hydrogens is 131 g/mol. The molecule has 52 valence electrons. The lowest BCUT2D eigenvalue weighted by Gasteiger charge is -2.25. The lowest BCUT2D eigenvalue weighted by Crippen LogP contribution is -2.18. The van der Waals surface area contributed by atoms with Gasteiger partial charge in [-0.2, -0.15) is 0 Å². The standard InChI is InChI=1S/C8H7FO/c9-6-3-1-2-5-4-7(10)8(5)6/h1-3,7,10H,4H2. The number of aliphatic hydroxyl groups excluding tert-OH is 1. The highest BCUT2D eigenvalue weighted by Gasteiger charge is 2.26. The summed E-state index contributed by atoms with van der Waals surface area (Å²) in [4.78, 5) is 0. The molecule has 1 atom stereocenters. The monoisotopic (exact) mass is 138 g/mol. The largest absolute Gasteiger partial charge is 0.388 e. The molecule has 2 rings (SSSR count). The minimum absolute atomic E-state index is 0.281. The highest BCUT2D eigenvalue weighted by atomic mass is 19.1. The molecule has 1 aromatic rings. The summed E-state index contributed by atoms with van der Waals surface area (Å²) in [6, 6.07) is 4.88. The Hall–Kier alpha value is -0.890. The van der Waals surface area contributed by atoms with Crippen LogP contribution in [0.15, 0.2) is 18.2 Å². The molecule has 0 aromatic heterocycles. The summed E-state index contributed by atoms with van der Waals surface area (Å²) in [7, 11) is 0. The van der Waals surface area contributed by atoms with Crippen molar-refractivity contribution in [2.24, 2.45) is 0 Å². The van der Waals surface area contributed by atoms with Gasteiger partial charge in [0.2, 0.25) is 0 Å². The topological polar surface area (TPSA) is 20.2 Å². The van der Waals surface area contributed by atoms with E-state index in [4.69, 9.17) is 5.11 Å². The van der Waals surface area contributed by atoms with E-state index in [0.29, 0.717) is 12.0 Å². The molecule has 1 unspecified atom stereocenters. The maximum Gasteiger partial charge on any atom is 0.129 e. The van der Waals surface area contributed by atoms with Gasteiger partial charge in [-0.25, -0.2) is 4.39 Å². The van der Waals surface area contributed by atoms with Gasteiger partial charge in [0.05, 0.1) is 6.10 Å². The molecule has 0 radical (unpaired) electrons. The van der Waals surface area contributed by atoms with Crippen LogP contribution >= 0.6 is 0 Å². The van der Waals surface area contributed by atoms with Gasteiger partial charge >= 0.3 is 0 Å². The zero-order chi connectivity index (χ0) is 7.14. The summed E-state index contributed by atoms with van der Waals surface area (Å²) in [6.07, 6.45) is 0.0452. The van der Waals surface area contributed by atoms with Crippen molar-refractivity contribution in [3.63, 3.8) is 0 Å². The summed E-state index contributed by atoms with van der Waals surface area (Å²) in [5.74, 6) is -0.281. The molecule has 0 amide bonds. The van der Waals surface area contributed by atoms with E-state index in [0.717, 1.165) is 5.56 Å². The first-order valence-electron chi connectivity index (χ1n) is 3.24. The van der Waals surface area contributed by atoms with Gasteiger partial charge in [-0.15, -0.1) is 0 Å². The van der Waals surface area contributed by atoms with Crippen LogP contribution in [0.3, 0.4) is 0 Å². The van der Waals surface area contributed by atoms with Gasteiger partial charge in [-0.3, -0.25) is 0 Å². The molecule has 10 heavy (non-hydrogen) atoms. The summed E-state index contributed by atoms with van der Waals surface area (Å²) < 4.78 is 12.7. The summed E-state index contributed by atoms with van der Waals surface area (Å²) in [5.41, 5.74) is 1.43. The fourth-order valence-electron chi connectivity index (χ4n) is 1.31. The average Bonchev–Trinajstić information content (AvgIpc) is 1.85. The molecule has 2 heteroatoms. The molecule has 1 aromatic carbocycles. The number of hydrogen-bond acceptors (Lipinski definition) is 1. The summed E-state index contributed by atoms with van der Waals surface area (Å²) in [5, 5.41) is 9.04. The van der Waals surface area contributed by atoms with Crippen molar-refractivity contribution in [2.45, 2.75) is 12.5 Å². The molecule has 0 aliphatic heterocycles. The quantitative estimate of drug-likeness (QED) is 0.574. The number of benzene rings is 1. The van der Waals surface area contributed by atoms with Crippen LogP contribution < -0.4 is 0 Å². The first-order valence-corrected chi connectivity index (χ1v) is 3.24. The predicted octanol–water partition coefficient (Wildman–Crippen LogP) is 1.42. The Kier molecular flexibility index (Phi) is 1.05. The van der Waals surface area contributed by atoms with Crippen molar-refractivity contribution in [2.75, 3.05) is 0 Å². The Bertz CT molecular complexity index is 256. The zero-order valence-electron chi connectivity index (χ0n) is 5.34. The summed E-state index contributed by atoms with van der Waals surface area (Å²) in [6.45, 7) is 0. The Labute approximate surface area is 58.1 Å². The third-order valence-corrected chi connectivity index (χ3v) is 1.89. The predicted molar refractivity (Wildman–Crippen MR) is 35.1 cm³/mol. The van der Waals surface area contributed by atoms with Crippen molar-refractivity contribution in [3.8, 4) is 0 Å². The fourth-order valence-corrected chi connectivity index (χ4v) is 1.31. The van der Waals surface area contributed by atoms with Crippen LogP contribution in [0.25, 0.3) is 0 Å². The molecule has 1 N–H and O–H groups in total. The van der Waals surface area contributed by atoms with Gasteiger partial charge in [0.25, 0.3) is 0 Å². The molecule has 1 aliphatic carbocycles. The minimum atomic E-state index is -0.559. The molecular formula is C8H7FO. The van der Waals surface area contributed by atoms with Crippen LogP contribution in [-0.2, 0) is 6.42 Å². The fraction of sp³-hybridized carbons (Fsp3) is 0.250. The smallest absolute Gasteiger partial charge is 0.129 e. The number of rotatable bonds is 0. The molecule has 0 saturated carbocycles. The van der Waals surface area contributed by atoms with Gasteiger partial charge in [0, 0.05) is 12.0 Å². The Morgan fingerprint density at radius 2 is 2.30 bits per heavy atom. The molecule has 0 fully saturated rings. The summed E-state index contributed by atoms with van der Waals surface area (Å²) >= 11 is 0. The van der Waals surface area contributed by atoms with Crippen LogP contribution in [0, 0.1) is 5.82 Å². The van der Waals surface area contributed by atoms with E-state index >= 15 is 0 Å². The van der Waals surface area contributed by atoms with E-state index in [9.17, 15) is 4.39 Å². The molecule has 1 aliphatic rings. The lowest BCUT2D eigenvalue weighted by molar-refractivity contribution is 0.148. The first-order chi connectivity index (χ1) is 4.79. The lowest BCUT2D eigenvalue weighted by atomic mass is 9.85. The third-order valence-electron chi connectivity index (χ3n) is 1.89. The Morgan fingerprint density at radius 1 is 1.50 bits per heavy atom. The number of hydrogen-bond donors (Lipinski definition) is 1. The van der Waals surface area contributed by atoms with E-state index in [1.807, 2.05) is 6.07 Å². The van der Waals surface area contributed by atoms with E-state index in [2.05, 4.69) is 0 Å². The van der Waals surface area contributed by atoms with Crippen molar-refractivity contribution in [1.82, 2.24) is 0 Å². The highest BCUT2D eigenvalue weighted by Crippen LogP contribution is 2.34. The third kappa shape index (κ3) is 0.596. The molecule has 0 saturated heterocycles. The van der Waals surface area contributed by atoms with Gasteiger partial charge in [0.15, 0.2) is 0 Å². The Balaban J connectivity index is 2.58. The molecule has 0 spiro atoms. The van der Waals surface area contributed by atoms with Crippen molar-refractivity contribution in [1.29, 1.82) is 0 Å². The SMILES string of the molecule is OC1Cc2cccc(F)c21. The van der Waals surface area contributed by atoms with Crippen LogP contribution in [0.1, 0.15) is 17.2 Å². The number of aliphatic hydroxyl groups is 1. The van der Waals surface area contributed by atoms with Gasteiger partial charge in [0.1, 0.15) is 5.82 Å². The van der Waals surface area contributed by atoms with Gasteiger partial charge < -0.3 is 5.11 Å². The second-order valence-corrected chi connectivity index (χ2v) is 2.53. The van der Waals surface area contributed by atoms with Crippen molar-refractivity contribution in [3.05, 3.63) is 35.1 Å². The second-order valence-electron chi connectivity index (χ2n) is 2.53. The number of halogens is 1. The van der Waals surface area contributed by atoms with Gasteiger partial charge in [-0.05, 0) is 11.6 Å². The van der Waals surface area contributed by atoms with Crippen LogP contribution in [0.5, 0.6) is 0 Å². The van der Waals surface area contributed by atoms with E-state index in [1.54, 1.807) is 6.07 Å². The van der Waals surface area contributed by atoms with Crippen LogP contribution in [0.4, 0.5) is 4.39 Å². The van der Waals surface area contributed by atoms with Gasteiger partial charge in [-0.1, -0.05) is 12.1 Å². The van der Waals surface area contributed by atoms with Crippen molar-refractivity contribution >= 4 is 0 Å². The normalized spacial score (nSPS) is 21.6. The number of fused-ring (bicyclic) bond motifs is 1. The van der Waals surface area contributed by atoms with E-state index in [1.165, 1.54) is 6.07 Å². The highest BCUT2D eigenvalue weighted by molar-refractivity contribution is 5.38. The van der Waals surface area contributed by atoms with E-state index < -0.39 is 6.10 Å². The van der Waals surface area contributed by atoms with E-state index in [-0.39, 0.29) is 5.82 Å². The maximum atomic E-state index is 12.7. The van der Waals surface area contributed by atoms with Crippen LogP contribution in [0.2, 0.25) is 0 Å². The zero-order valence-corrected chi connectivity index (χ0v) is 5.34. The molecule has 0 heterocycles. The first kappa shape index (κ1) is 5.86. The second kappa shape index (κ2) is 1.80. The van der Waals surface area contributed by atoms with Crippen LogP contribution in [-0.4, -0.2) is 5.11 Å². The maximum absolute atomic E-state index is 12.7. The minimum Gasteiger partial charge on any atom is -0.388 e. The molecule has 1 nitrogen and oxygen atoms in total. The molecule has 0 bridgehead atoms. The average molecular weight is 138 g/mol. The van der Waals surface area contributed by atoms with Crippen molar-refractivity contribution < 1.29 is 9.50 Å². The Morgan fingerprint density at radius 3 is 2.80 bits per heavy atom.